The molecule has 0 bridgehead atoms. The van der Waals surface area contributed by atoms with E-state index in [2.05, 4.69) is 20.5 Å². The third-order valence-electron chi connectivity index (χ3n) is 3.35. The first-order chi connectivity index (χ1) is 10.4. The first kappa shape index (κ1) is 12.8. The summed E-state index contributed by atoms with van der Waals surface area (Å²) in [5.41, 5.74) is 1.59. The van der Waals surface area contributed by atoms with Crippen LogP contribution in [0.5, 0.6) is 0 Å². The lowest BCUT2D eigenvalue weighted by atomic mass is 10.2. The van der Waals surface area contributed by atoms with Crippen molar-refractivity contribution in [3.8, 4) is 0 Å². The van der Waals surface area contributed by atoms with Crippen LogP contribution < -0.4 is 0 Å². The van der Waals surface area contributed by atoms with Gasteiger partial charge in [0, 0.05) is 18.4 Å². The number of tetrazole rings is 1. The summed E-state index contributed by atoms with van der Waals surface area (Å²) in [5, 5.41) is 13.0. The predicted molar refractivity (Wildman–Crippen MR) is 74.9 cm³/mol. The lowest BCUT2D eigenvalue weighted by Gasteiger charge is -2.08. The molecule has 0 amide bonds. The highest BCUT2D eigenvalue weighted by atomic mass is 32.2. The highest BCUT2D eigenvalue weighted by Gasteiger charge is 2.20. The van der Waals surface area contributed by atoms with Gasteiger partial charge in [-0.2, -0.15) is 0 Å². The van der Waals surface area contributed by atoms with Gasteiger partial charge < -0.3 is 9.15 Å². The van der Waals surface area contributed by atoms with Crippen LogP contribution in [0, 0.1) is 0 Å². The van der Waals surface area contributed by atoms with E-state index >= 15 is 0 Å². The fourth-order valence-corrected chi connectivity index (χ4v) is 3.06. The third-order valence-corrected chi connectivity index (χ3v) is 4.18. The molecular weight excluding hydrogens is 290 g/mol. The maximum absolute atomic E-state index is 5.68. The summed E-state index contributed by atoms with van der Waals surface area (Å²) in [5.74, 6) is 0. The van der Waals surface area contributed by atoms with Crippen LogP contribution in [0.2, 0.25) is 0 Å². The van der Waals surface area contributed by atoms with Crippen LogP contribution in [-0.2, 0) is 11.3 Å². The van der Waals surface area contributed by atoms with Crippen molar-refractivity contribution in [2.24, 2.45) is 0 Å². The van der Waals surface area contributed by atoms with E-state index in [1.807, 2.05) is 24.3 Å². The topological polar surface area (TPSA) is 78.9 Å². The van der Waals surface area contributed by atoms with Crippen molar-refractivity contribution in [3.05, 3.63) is 24.3 Å². The van der Waals surface area contributed by atoms with E-state index in [-0.39, 0.29) is 6.10 Å². The minimum absolute atomic E-state index is 0.191. The van der Waals surface area contributed by atoms with Gasteiger partial charge >= 0.3 is 0 Å². The summed E-state index contributed by atoms with van der Waals surface area (Å²) in [7, 11) is 0. The Balaban J connectivity index is 1.55. The van der Waals surface area contributed by atoms with Gasteiger partial charge in [0.1, 0.15) is 5.52 Å². The SMILES string of the molecule is c1ccc2oc(Sc3nnnn3CC3CCCO3)nc2c1. The number of benzene rings is 1. The summed E-state index contributed by atoms with van der Waals surface area (Å²) in [6, 6.07) is 7.66. The lowest BCUT2D eigenvalue weighted by Crippen LogP contribution is -2.16. The second-order valence-corrected chi connectivity index (χ2v) is 5.75. The van der Waals surface area contributed by atoms with Crippen molar-refractivity contribution < 1.29 is 9.15 Å². The quantitative estimate of drug-likeness (QED) is 0.730. The van der Waals surface area contributed by atoms with Crippen LogP contribution in [-0.4, -0.2) is 37.9 Å². The van der Waals surface area contributed by atoms with Crippen molar-refractivity contribution in [3.63, 3.8) is 0 Å². The molecule has 108 valence electrons. The van der Waals surface area contributed by atoms with Crippen molar-refractivity contribution in [2.75, 3.05) is 6.61 Å². The Morgan fingerprint density at radius 2 is 2.29 bits per heavy atom. The fourth-order valence-electron chi connectivity index (χ4n) is 2.34. The van der Waals surface area contributed by atoms with E-state index in [4.69, 9.17) is 9.15 Å². The average molecular weight is 303 g/mol. The molecule has 0 saturated carbocycles. The second kappa shape index (κ2) is 5.45. The van der Waals surface area contributed by atoms with Crippen LogP contribution in [0.25, 0.3) is 11.1 Å². The molecule has 7 nitrogen and oxygen atoms in total. The predicted octanol–water partition coefficient (Wildman–Crippen LogP) is 2.14. The zero-order valence-electron chi connectivity index (χ0n) is 11.2. The average Bonchev–Trinajstić information content (AvgIpc) is 3.21. The van der Waals surface area contributed by atoms with E-state index < -0.39 is 0 Å². The van der Waals surface area contributed by atoms with E-state index in [9.17, 15) is 0 Å². The molecule has 3 heterocycles. The Morgan fingerprint density at radius 3 is 3.14 bits per heavy atom. The summed E-state index contributed by atoms with van der Waals surface area (Å²) in [6.07, 6.45) is 2.34. The number of hydrogen-bond acceptors (Lipinski definition) is 7. The van der Waals surface area contributed by atoms with Crippen LogP contribution in [0.1, 0.15) is 12.8 Å². The fraction of sp³-hybridized carbons (Fsp3) is 0.385. The number of aromatic nitrogens is 5. The first-order valence-corrected chi connectivity index (χ1v) is 7.61. The number of fused-ring (bicyclic) bond motifs is 1. The zero-order chi connectivity index (χ0) is 14.1. The van der Waals surface area contributed by atoms with Crippen LogP contribution in [0.3, 0.4) is 0 Å². The summed E-state index contributed by atoms with van der Waals surface area (Å²) >= 11 is 1.32. The van der Waals surface area contributed by atoms with Crippen LogP contribution in [0.4, 0.5) is 0 Å². The molecule has 1 aromatic carbocycles. The number of nitrogens with zero attached hydrogens (tertiary/aromatic N) is 5. The molecule has 3 aromatic rings. The van der Waals surface area contributed by atoms with Gasteiger partial charge in [0.05, 0.1) is 12.6 Å². The van der Waals surface area contributed by atoms with E-state index in [0.717, 1.165) is 30.5 Å². The van der Waals surface area contributed by atoms with Gasteiger partial charge in [0.15, 0.2) is 5.58 Å². The minimum atomic E-state index is 0.191. The molecule has 1 unspecified atom stereocenters. The maximum atomic E-state index is 5.68. The smallest absolute Gasteiger partial charge is 0.264 e. The zero-order valence-corrected chi connectivity index (χ0v) is 12.0. The van der Waals surface area contributed by atoms with Gasteiger partial charge in [-0.15, -0.1) is 5.10 Å². The molecular formula is C13H13N5O2S. The maximum Gasteiger partial charge on any atom is 0.264 e. The van der Waals surface area contributed by atoms with E-state index in [0.29, 0.717) is 16.9 Å². The Kier molecular flexibility index (Phi) is 3.32. The second-order valence-electron chi connectivity index (χ2n) is 4.83. The lowest BCUT2D eigenvalue weighted by molar-refractivity contribution is 0.0911. The van der Waals surface area contributed by atoms with Crippen molar-refractivity contribution in [2.45, 2.75) is 35.9 Å². The normalized spacial score (nSPS) is 18.6. The largest absolute Gasteiger partial charge is 0.431 e. The van der Waals surface area contributed by atoms with E-state index in [1.165, 1.54) is 11.8 Å². The standard InChI is InChI=1S/C13H13N5O2S/c1-2-6-11-10(5-1)14-13(20-11)21-12-15-16-17-18(12)8-9-4-3-7-19-9/h1-2,5-6,9H,3-4,7-8H2. The van der Waals surface area contributed by atoms with Gasteiger partial charge in [-0.3, -0.25) is 0 Å². The molecule has 0 radical (unpaired) electrons. The molecule has 0 N–H and O–H groups in total. The number of hydrogen-bond donors (Lipinski definition) is 0. The van der Waals surface area contributed by atoms with Gasteiger partial charge in [-0.25, -0.2) is 9.67 Å². The molecule has 21 heavy (non-hydrogen) atoms. The molecule has 1 aliphatic heterocycles. The molecule has 1 saturated heterocycles. The molecule has 8 heteroatoms. The third kappa shape index (κ3) is 2.64. The summed E-state index contributed by atoms with van der Waals surface area (Å²) in [6.45, 7) is 1.48. The first-order valence-electron chi connectivity index (χ1n) is 6.80. The van der Waals surface area contributed by atoms with E-state index in [1.54, 1.807) is 4.68 Å². The monoisotopic (exact) mass is 303 g/mol. The molecule has 1 fully saturated rings. The highest BCUT2D eigenvalue weighted by molar-refractivity contribution is 7.99. The highest BCUT2D eigenvalue weighted by Crippen LogP contribution is 2.28. The Hall–Kier alpha value is -1.93. The van der Waals surface area contributed by atoms with Crippen LogP contribution in [0.15, 0.2) is 39.1 Å². The van der Waals surface area contributed by atoms with Gasteiger partial charge in [-0.05, 0) is 35.4 Å². The molecule has 2 aromatic heterocycles. The molecule has 1 aliphatic rings. The number of ether oxygens (including phenoxy) is 1. The number of oxazole rings is 1. The summed E-state index contributed by atoms with van der Waals surface area (Å²) in [4.78, 5) is 4.42. The summed E-state index contributed by atoms with van der Waals surface area (Å²) < 4.78 is 13.0. The van der Waals surface area contributed by atoms with Gasteiger partial charge in [0.2, 0.25) is 5.16 Å². The van der Waals surface area contributed by atoms with Crippen molar-refractivity contribution in [1.82, 2.24) is 25.2 Å². The minimum Gasteiger partial charge on any atom is -0.431 e. The number of rotatable bonds is 4. The van der Waals surface area contributed by atoms with Crippen molar-refractivity contribution in [1.29, 1.82) is 0 Å². The van der Waals surface area contributed by atoms with Gasteiger partial charge in [0.25, 0.3) is 5.22 Å². The molecule has 0 spiro atoms. The van der Waals surface area contributed by atoms with Gasteiger partial charge in [-0.1, -0.05) is 12.1 Å². The van der Waals surface area contributed by atoms with Crippen molar-refractivity contribution >= 4 is 22.9 Å². The number of para-hydroxylation sites is 2. The van der Waals surface area contributed by atoms with Crippen LogP contribution >= 0.6 is 11.8 Å². The Morgan fingerprint density at radius 1 is 1.33 bits per heavy atom. The molecule has 4 rings (SSSR count). The Labute approximate surface area is 124 Å². The molecule has 0 aliphatic carbocycles. The molecule has 1 atom stereocenters. The Bertz CT molecular complexity index is 717.